The molecule has 1 aromatic carbocycles. The lowest BCUT2D eigenvalue weighted by atomic mass is 10.2. The normalized spacial score (nSPS) is 19.9. The van der Waals surface area contributed by atoms with E-state index in [1.165, 1.54) is 0 Å². The highest BCUT2D eigenvalue weighted by Gasteiger charge is 2.34. The number of rotatable bonds is 5. The average molecular weight is 431 g/mol. The molecule has 0 aliphatic carbocycles. The zero-order valence-corrected chi connectivity index (χ0v) is 15.5. The van der Waals surface area contributed by atoms with Gasteiger partial charge in [0.1, 0.15) is 6.17 Å². The molecule has 0 unspecified atom stereocenters. The second-order valence-electron chi connectivity index (χ2n) is 5.00. The standard InChI is InChI=1S/C14H16BrCl3N2O2/c15-10-5-3-9(4-6-10)12(21)20-13(14(16,17)18)19-8-11-2-1-7-22-11/h3-6,11,13,19H,1-2,7-8H2,(H,20,21)/t11-,13-/m1/s1. The van der Waals surface area contributed by atoms with Gasteiger partial charge in [0.15, 0.2) is 0 Å². The smallest absolute Gasteiger partial charge is 0.252 e. The third kappa shape index (κ3) is 5.55. The molecule has 1 aliphatic rings. The van der Waals surface area contributed by atoms with Crippen LogP contribution in [0.2, 0.25) is 0 Å². The number of alkyl halides is 3. The molecule has 8 heteroatoms. The Bertz CT molecular complexity index is 502. The predicted molar refractivity (Wildman–Crippen MR) is 92.7 cm³/mol. The van der Waals surface area contributed by atoms with Crippen LogP contribution in [0.5, 0.6) is 0 Å². The molecule has 1 aliphatic heterocycles. The molecule has 1 heterocycles. The monoisotopic (exact) mass is 428 g/mol. The number of carbonyl (C=O) groups excluding carboxylic acids is 1. The van der Waals surface area contributed by atoms with Crippen LogP contribution in [0.1, 0.15) is 23.2 Å². The molecular formula is C14H16BrCl3N2O2. The lowest BCUT2D eigenvalue weighted by Gasteiger charge is -2.27. The van der Waals surface area contributed by atoms with Crippen LogP contribution < -0.4 is 10.6 Å². The van der Waals surface area contributed by atoms with Crippen molar-refractivity contribution in [3.63, 3.8) is 0 Å². The van der Waals surface area contributed by atoms with Gasteiger partial charge in [0.05, 0.1) is 6.10 Å². The Morgan fingerprint density at radius 2 is 2.05 bits per heavy atom. The molecule has 4 nitrogen and oxygen atoms in total. The van der Waals surface area contributed by atoms with Crippen LogP contribution in [-0.2, 0) is 4.74 Å². The fourth-order valence-electron chi connectivity index (χ4n) is 2.12. The number of carbonyl (C=O) groups is 1. The highest BCUT2D eigenvalue weighted by molar-refractivity contribution is 9.10. The van der Waals surface area contributed by atoms with E-state index in [-0.39, 0.29) is 12.0 Å². The van der Waals surface area contributed by atoms with Crippen LogP contribution in [0.25, 0.3) is 0 Å². The Morgan fingerprint density at radius 1 is 1.36 bits per heavy atom. The summed E-state index contributed by atoms with van der Waals surface area (Å²) in [6.45, 7) is 1.26. The van der Waals surface area contributed by atoms with Crippen LogP contribution >= 0.6 is 50.7 Å². The van der Waals surface area contributed by atoms with E-state index >= 15 is 0 Å². The first-order valence-corrected chi connectivity index (χ1v) is 8.77. The molecule has 2 atom stereocenters. The Hall–Kier alpha value is -0.0400. The topological polar surface area (TPSA) is 50.4 Å². The molecule has 0 aromatic heterocycles. The van der Waals surface area contributed by atoms with Gasteiger partial charge in [0, 0.05) is 23.2 Å². The molecule has 0 bridgehead atoms. The summed E-state index contributed by atoms with van der Waals surface area (Å²) < 4.78 is 4.73. The SMILES string of the molecule is O=C(N[C@@H](NC[C@H]1CCCO1)C(Cl)(Cl)Cl)c1ccc(Br)cc1. The first-order valence-electron chi connectivity index (χ1n) is 6.84. The van der Waals surface area contributed by atoms with Crippen molar-refractivity contribution in [3.8, 4) is 0 Å². The molecule has 0 spiro atoms. The van der Waals surface area contributed by atoms with Gasteiger partial charge < -0.3 is 10.1 Å². The number of benzene rings is 1. The van der Waals surface area contributed by atoms with E-state index in [4.69, 9.17) is 39.5 Å². The quantitative estimate of drug-likeness (QED) is 0.554. The van der Waals surface area contributed by atoms with Gasteiger partial charge in [-0.05, 0) is 37.1 Å². The third-order valence-corrected chi connectivity index (χ3v) is 4.47. The molecule has 1 amide bonds. The Kier molecular flexibility index (Phi) is 6.80. The predicted octanol–water partition coefficient (Wildman–Crippen LogP) is 3.64. The van der Waals surface area contributed by atoms with E-state index < -0.39 is 9.96 Å². The van der Waals surface area contributed by atoms with E-state index in [1.54, 1.807) is 24.3 Å². The van der Waals surface area contributed by atoms with Crippen LogP contribution in [0, 0.1) is 0 Å². The molecule has 122 valence electrons. The highest BCUT2D eigenvalue weighted by atomic mass is 79.9. The van der Waals surface area contributed by atoms with Crippen molar-refractivity contribution in [2.75, 3.05) is 13.2 Å². The number of hydrogen-bond acceptors (Lipinski definition) is 3. The summed E-state index contributed by atoms with van der Waals surface area (Å²) in [6, 6.07) is 6.93. The maximum atomic E-state index is 12.2. The van der Waals surface area contributed by atoms with Gasteiger partial charge in [-0.25, -0.2) is 0 Å². The third-order valence-electron chi connectivity index (χ3n) is 3.28. The Labute approximate surface area is 152 Å². The van der Waals surface area contributed by atoms with Gasteiger partial charge in [-0.1, -0.05) is 50.7 Å². The minimum absolute atomic E-state index is 0.0828. The summed E-state index contributed by atoms with van der Waals surface area (Å²) in [5, 5.41) is 5.75. The molecule has 1 aromatic rings. The van der Waals surface area contributed by atoms with Gasteiger partial charge in [0.2, 0.25) is 3.79 Å². The highest BCUT2D eigenvalue weighted by Crippen LogP contribution is 2.29. The van der Waals surface area contributed by atoms with Crippen LogP contribution in [0.4, 0.5) is 0 Å². The lowest BCUT2D eigenvalue weighted by molar-refractivity contribution is 0.0897. The lowest BCUT2D eigenvalue weighted by Crippen LogP contribution is -2.54. The van der Waals surface area contributed by atoms with Crippen molar-refractivity contribution in [2.45, 2.75) is 28.9 Å². The van der Waals surface area contributed by atoms with Gasteiger partial charge in [0.25, 0.3) is 5.91 Å². The van der Waals surface area contributed by atoms with Gasteiger partial charge in [-0.3, -0.25) is 10.1 Å². The molecule has 2 N–H and O–H groups in total. The number of ether oxygens (including phenoxy) is 1. The number of hydrogen-bond donors (Lipinski definition) is 2. The Morgan fingerprint density at radius 3 is 2.59 bits per heavy atom. The number of nitrogens with one attached hydrogen (secondary N) is 2. The van der Waals surface area contributed by atoms with E-state index in [1.807, 2.05) is 0 Å². The van der Waals surface area contributed by atoms with Crippen molar-refractivity contribution in [1.82, 2.24) is 10.6 Å². The summed E-state index contributed by atoms with van der Waals surface area (Å²) in [7, 11) is 0. The van der Waals surface area contributed by atoms with Crippen molar-refractivity contribution >= 4 is 56.6 Å². The summed E-state index contributed by atoms with van der Waals surface area (Å²) in [5.41, 5.74) is 0.487. The minimum atomic E-state index is -1.66. The minimum Gasteiger partial charge on any atom is -0.377 e. The maximum absolute atomic E-state index is 12.2. The first-order chi connectivity index (χ1) is 10.4. The summed E-state index contributed by atoms with van der Waals surface area (Å²) in [4.78, 5) is 12.2. The fourth-order valence-corrected chi connectivity index (χ4v) is 2.78. The molecule has 2 rings (SSSR count). The van der Waals surface area contributed by atoms with E-state index in [0.717, 1.165) is 23.9 Å². The average Bonchev–Trinajstić information content (AvgIpc) is 2.96. The van der Waals surface area contributed by atoms with Gasteiger partial charge in [-0.15, -0.1) is 0 Å². The zero-order chi connectivity index (χ0) is 16.2. The zero-order valence-electron chi connectivity index (χ0n) is 11.6. The molecule has 0 radical (unpaired) electrons. The van der Waals surface area contributed by atoms with Gasteiger partial charge >= 0.3 is 0 Å². The first kappa shape index (κ1) is 18.3. The van der Waals surface area contributed by atoms with E-state index in [2.05, 4.69) is 26.6 Å². The largest absolute Gasteiger partial charge is 0.377 e. The molecule has 1 fully saturated rings. The molecule has 1 saturated heterocycles. The van der Waals surface area contributed by atoms with Gasteiger partial charge in [-0.2, -0.15) is 0 Å². The Balaban J connectivity index is 1.96. The summed E-state index contributed by atoms with van der Waals surface area (Å²) in [5.74, 6) is -0.316. The van der Waals surface area contributed by atoms with Crippen LogP contribution in [0.3, 0.4) is 0 Å². The van der Waals surface area contributed by atoms with E-state index in [0.29, 0.717) is 12.1 Å². The second kappa shape index (κ2) is 8.18. The van der Waals surface area contributed by atoms with Crippen molar-refractivity contribution < 1.29 is 9.53 Å². The number of halogens is 4. The van der Waals surface area contributed by atoms with Crippen molar-refractivity contribution in [3.05, 3.63) is 34.3 Å². The van der Waals surface area contributed by atoms with Crippen LogP contribution in [0.15, 0.2) is 28.7 Å². The number of amides is 1. The van der Waals surface area contributed by atoms with E-state index in [9.17, 15) is 4.79 Å². The van der Waals surface area contributed by atoms with Crippen molar-refractivity contribution in [2.24, 2.45) is 0 Å². The summed E-state index contributed by atoms with van der Waals surface area (Å²) in [6.07, 6.45) is 1.26. The van der Waals surface area contributed by atoms with Crippen molar-refractivity contribution in [1.29, 1.82) is 0 Å². The fraction of sp³-hybridized carbons (Fsp3) is 0.500. The second-order valence-corrected chi connectivity index (χ2v) is 8.28. The maximum Gasteiger partial charge on any atom is 0.252 e. The molecular weight excluding hydrogens is 414 g/mol. The summed E-state index contributed by atoms with van der Waals surface area (Å²) >= 11 is 21.2. The molecule has 0 saturated carbocycles. The van der Waals surface area contributed by atoms with Crippen LogP contribution in [-0.4, -0.2) is 35.1 Å². The molecule has 22 heavy (non-hydrogen) atoms.